The van der Waals surface area contributed by atoms with Gasteiger partial charge in [-0.1, -0.05) is 0 Å². The fourth-order valence-corrected chi connectivity index (χ4v) is 3.00. The molecule has 2 unspecified atom stereocenters. The van der Waals surface area contributed by atoms with E-state index in [1.54, 1.807) is 11.3 Å². The number of aliphatic hydroxyl groups is 1. The van der Waals surface area contributed by atoms with Gasteiger partial charge in [0.05, 0.1) is 11.6 Å². The molecule has 0 bridgehead atoms. The number of likely N-dealkylation sites (N-methyl/N-ethyl adjacent to an activating group) is 2. The molecule has 0 radical (unpaired) electrons. The molecule has 5 heteroatoms. The summed E-state index contributed by atoms with van der Waals surface area (Å²) in [5.41, 5.74) is 1.82. The highest BCUT2D eigenvalue weighted by Crippen LogP contribution is 2.16. The van der Waals surface area contributed by atoms with E-state index >= 15 is 0 Å². The highest BCUT2D eigenvalue weighted by Gasteiger charge is 2.24. The Labute approximate surface area is 107 Å². The number of aromatic nitrogens is 1. The molecule has 2 rings (SSSR count). The molecule has 1 aromatic heterocycles. The van der Waals surface area contributed by atoms with Gasteiger partial charge in [0.2, 0.25) is 0 Å². The maximum absolute atomic E-state index is 10.1. The minimum absolute atomic E-state index is 0.255. The van der Waals surface area contributed by atoms with Crippen molar-refractivity contribution in [1.29, 1.82) is 0 Å². The maximum atomic E-state index is 10.1. The van der Waals surface area contributed by atoms with E-state index < -0.39 is 0 Å². The van der Waals surface area contributed by atoms with Gasteiger partial charge in [0.1, 0.15) is 0 Å². The van der Waals surface area contributed by atoms with Gasteiger partial charge in [0.15, 0.2) is 0 Å². The van der Waals surface area contributed by atoms with Crippen molar-refractivity contribution < 1.29 is 5.11 Å². The van der Waals surface area contributed by atoms with Crippen molar-refractivity contribution >= 4 is 11.3 Å². The topological polar surface area (TPSA) is 39.6 Å². The van der Waals surface area contributed by atoms with E-state index in [1.807, 2.05) is 11.7 Å². The van der Waals surface area contributed by atoms with Crippen molar-refractivity contribution in [2.45, 2.75) is 25.0 Å². The van der Waals surface area contributed by atoms with Crippen LogP contribution in [0.5, 0.6) is 0 Å². The molecule has 0 spiro atoms. The first-order valence-corrected chi connectivity index (χ1v) is 6.97. The van der Waals surface area contributed by atoms with Crippen molar-refractivity contribution in [3.63, 3.8) is 0 Å². The van der Waals surface area contributed by atoms with E-state index in [1.165, 1.54) is 4.88 Å². The molecular weight excluding hydrogens is 234 g/mol. The Hall–Kier alpha value is -0.490. The number of thiazole rings is 1. The average molecular weight is 255 g/mol. The maximum Gasteiger partial charge on any atom is 0.0794 e. The van der Waals surface area contributed by atoms with Gasteiger partial charge in [0, 0.05) is 43.2 Å². The summed E-state index contributed by atoms with van der Waals surface area (Å²) in [7, 11) is 4.30. The molecule has 1 aliphatic heterocycles. The third kappa shape index (κ3) is 3.74. The fraction of sp³-hybridized carbons (Fsp3) is 0.750. The van der Waals surface area contributed by atoms with Crippen LogP contribution < -0.4 is 0 Å². The van der Waals surface area contributed by atoms with Crippen LogP contribution in [0.25, 0.3) is 0 Å². The average Bonchev–Trinajstić information content (AvgIpc) is 2.76. The Balaban J connectivity index is 1.82. The zero-order valence-corrected chi connectivity index (χ0v) is 11.4. The molecule has 1 aromatic rings. The fourth-order valence-electron chi connectivity index (χ4n) is 2.33. The molecule has 2 heterocycles. The third-order valence-corrected chi connectivity index (χ3v) is 4.25. The molecule has 4 nitrogen and oxygen atoms in total. The van der Waals surface area contributed by atoms with Crippen molar-refractivity contribution in [2.75, 3.05) is 33.7 Å². The zero-order valence-electron chi connectivity index (χ0n) is 10.5. The number of hydrogen-bond acceptors (Lipinski definition) is 5. The van der Waals surface area contributed by atoms with Crippen molar-refractivity contribution in [3.8, 4) is 0 Å². The standard InChI is InChI=1S/C12H21N3OS/c1-14-3-4-15(2)10(8-14)5-11(16)6-12-7-13-9-17-12/h7,9-11,16H,3-6,8H2,1-2H3. The first kappa shape index (κ1) is 13.0. The molecule has 17 heavy (non-hydrogen) atoms. The molecule has 0 amide bonds. The lowest BCUT2D eigenvalue weighted by atomic mass is 10.0. The summed E-state index contributed by atoms with van der Waals surface area (Å²) in [6, 6.07) is 0.469. The molecular formula is C12H21N3OS. The van der Waals surface area contributed by atoms with Crippen LogP contribution >= 0.6 is 11.3 Å². The molecule has 1 saturated heterocycles. The molecule has 0 aliphatic carbocycles. The minimum Gasteiger partial charge on any atom is -0.393 e. The van der Waals surface area contributed by atoms with Crippen LogP contribution in [0.3, 0.4) is 0 Å². The Morgan fingerprint density at radius 3 is 3.06 bits per heavy atom. The SMILES string of the molecule is CN1CCN(C)C(CC(O)Cc2cncs2)C1. The normalized spacial score (nSPS) is 25.0. The molecule has 1 aliphatic rings. The number of rotatable bonds is 4. The van der Waals surface area contributed by atoms with Crippen molar-refractivity contribution in [2.24, 2.45) is 0 Å². The number of nitrogens with zero attached hydrogens (tertiary/aromatic N) is 3. The first-order valence-electron chi connectivity index (χ1n) is 6.09. The minimum atomic E-state index is -0.255. The number of aliphatic hydroxyl groups excluding tert-OH is 1. The lowest BCUT2D eigenvalue weighted by molar-refractivity contribution is 0.0641. The summed E-state index contributed by atoms with van der Waals surface area (Å²) in [6.45, 7) is 3.27. The molecule has 0 saturated carbocycles. The smallest absolute Gasteiger partial charge is 0.0794 e. The van der Waals surface area contributed by atoms with E-state index in [9.17, 15) is 5.11 Å². The Morgan fingerprint density at radius 2 is 2.35 bits per heavy atom. The van der Waals surface area contributed by atoms with E-state index in [2.05, 4.69) is 28.9 Å². The van der Waals surface area contributed by atoms with Gasteiger partial charge in [-0.25, -0.2) is 0 Å². The van der Waals surface area contributed by atoms with Gasteiger partial charge < -0.3 is 14.9 Å². The monoisotopic (exact) mass is 255 g/mol. The van der Waals surface area contributed by atoms with Gasteiger partial charge in [-0.05, 0) is 20.5 Å². The zero-order chi connectivity index (χ0) is 12.3. The van der Waals surface area contributed by atoms with Crippen molar-refractivity contribution in [1.82, 2.24) is 14.8 Å². The van der Waals surface area contributed by atoms with E-state index in [4.69, 9.17) is 0 Å². The second-order valence-corrected chi connectivity index (χ2v) is 5.93. The second kappa shape index (κ2) is 5.91. The largest absolute Gasteiger partial charge is 0.393 e. The van der Waals surface area contributed by atoms with Gasteiger partial charge in [-0.2, -0.15) is 0 Å². The van der Waals surface area contributed by atoms with Gasteiger partial charge in [0.25, 0.3) is 0 Å². The molecule has 0 aromatic carbocycles. The molecule has 1 N–H and O–H groups in total. The van der Waals surface area contributed by atoms with Crippen LogP contribution in [-0.4, -0.2) is 65.8 Å². The quantitative estimate of drug-likeness (QED) is 0.859. The van der Waals surface area contributed by atoms with E-state index in [0.717, 1.165) is 32.5 Å². The Morgan fingerprint density at radius 1 is 1.53 bits per heavy atom. The predicted octanol–water partition coefficient (Wildman–Crippen LogP) is 0.682. The summed E-state index contributed by atoms with van der Waals surface area (Å²) in [5.74, 6) is 0. The van der Waals surface area contributed by atoms with Crippen LogP contribution in [0.15, 0.2) is 11.7 Å². The Bertz CT molecular complexity index is 331. The summed E-state index contributed by atoms with van der Waals surface area (Å²) >= 11 is 1.62. The van der Waals surface area contributed by atoms with Gasteiger partial charge in [-0.3, -0.25) is 4.98 Å². The predicted molar refractivity (Wildman–Crippen MR) is 70.4 cm³/mol. The third-order valence-electron chi connectivity index (χ3n) is 3.44. The van der Waals surface area contributed by atoms with Crippen molar-refractivity contribution in [3.05, 3.63) is 16.6 Å². The molecule has 96 valence electrons. The summed E-state index contributed by atoms with van der Waals surface area (Å²) in [5, 5.41) is 10.1. The van der Waals surface area contributed by atoms with Crippen LogP contribution in [0.1, 0.15) is 11.3 Å². The Kier molecular flexibility index (Phi) is 4.50. The van der Waals surface area contributed by atoms with Crippen LogP contribution in [0.2, 0.25) is 0 Å². The van der Waals surface area contributed by atoms with Crippen LogP contribution in [0, 0.1) is 0 Å². The summed E-state index contributed by atoms with van der Waals surface area (Å²) < 4.78 is 0. The van der Waals surface area contributed by atoms with Gasteiger partial charge >= 0.3 is 0 Å². The molecule has 1 fully saturated rings. The lowest BCUT2D eigenvalue weighted by Crippen LogP contribution is -2.51. The summed E-state index contributed by atoms with van der Waals surface area (Å²) in [6.07, 6.45) is 3.18. The molecule has 2 atom stereocenters. The number of piperazine rings is 1. The highest BCUT2D eigenvalue weighted by molar-refractivity contribution is 7.09. The second-order valence-electron chi connectivity index (χ2n) is 4.96. The first-order chi connectivity index (χ1) is 8.15. The highest BCUT2D eigenvalue weighted by atomic mass is 32.1. The van der Waals surface area contributed by atoms with Crippen LogP contribution in [0.4, 0.5) is 0 Å². The lowest BCUT2D eigenvalue weighted by Gasteiger charge is -2.38. The van der Waals surface area contributed by atoms with E-state index in [0.29, 0.717) is 6.04 Å². The number of hydrogen-bond donors (Lipinski definition) is 1. The van der Waals surface area contributed by atoms with E-state index in [-0.39, 0.29) is 6.10 Å². The van der Waals surface area contributed by atoms with Crippen LogP contribution in [-0.2, 0) is 6.42 Å². The summed E-state index contributed by atoms with van der Waals surface area (Å²) in [4.78, 5) is 9.90. The van der Waals surface area contributed by atoms with Gasteiger partial charge in [-0.15, -0.1) is 11.3 Å².